The predicted octanol–water partition coefficient (Wildman–Crippen LogP) is 3.49. The molecule has 0 bridgehead atoms. The largest absolute Gasteiger partial charge is 0.339 e. The number of aromatic nitrogens is 7. The molecule has 5 rings (SSSR count). The van der Waals surface area contributed by atoms with Crippen molar-refractivity contribution < 1.29 is 4.52 Å². The third-order valence-corrected chi connectivity index (χ3v) is 5.02. The Hall–Kier alpha value is -3.42. The minimum Gasteiger partial charge on any atom is -0.339 e. The first-order valence-corrected chi connectivity index (χ1v) is 9.44. The first-order valence-electron chi connectivity index (χ1n) is 9.44. The molecule has 0 atom stereocenters. The molecule has 1 fully saturated rings. The summed E-state index contributed by atoms with van der Waals surface area (Å²) in [6.45, 7) is 0.494. The molecule has 0 aliphatic heterocycles. The van der Waals surface area contributed by atoms with Crippen LogP contribution in [0.2, 0.25) is 0 Å². The van der Waals surface area contributed by atoms with Crippen LogP contribution in [0, 0.1) is 0 Å². The Kier molecular flexibility index (Phi) is 4.36. The molecule has 0 N–H and O–H groups in total. The molecular formula is C20H19N7O. The lowest BCUT2D eigenvalue weighted by molar-refractivity contribution is 0.349. The first kappa shape index (κ1) is 16.7. The number of nitrogens with zero attached hydrogens (tertiary/aromatic N) is 7. The SMILES string of the molecule is c1ccc(-c2ncc(-c3nccn3Cc3noc(C4CCCC4)n3)cn2)nc1. The highest BCUT2D eigenvalue weighted by Crippen LogP contribution is 2.33. The normalized spacial score (nSPS) is 14.6. The number of hydrogen-bond donors (Lipinski definition) is 0. The van der Waals surface area contributed by atoms with E-state index in [2.05, 4.69) is 30.1 Å². The summed E-state index contributed by atoms with van der Waals surface area (Å²) in [6.07, 6.45) is 13.6. The lowest BCUT2D eigenvalue weighted by Gasteiger charge is -2.05. The van der Waals surface area contributed by atoms with Crippen molar-refractivity contribution in [3.8, 4) is 22.9 Å². The van der Waals surface area contributed by atoms with Crippen LogP contribution in [0.25, 0.3) is 22.9 Å². The van der Waals surface area contributed by atoms with Crippen molar-refractivity contribution in [2.45, 2.75) is 38.1 Å². The van der Waals surface area contributed by atoms with Gasteiger partial charge in [-0.2, -0.15) is 4.98 Å². The topological polar surface area (TPSA) is 95.4 Å². The number of imidazole rings is 1. The van der Waals surface area contributed by atoms with Gasteiger partial charge in [0.25, 0.3) is 0 Å². The molecule has 1 saturated carbocycles. The average Bonchev–Trinajstić information content (AvgIpc) is 3.51. The van der Waals surface area contributed by atoms with Gasteiger partial charge in [-0.3, -0.25) is 4.98 Å². The van der Waals surface area contributed by atoms with Gasteiger partial charge in [0.1, 0.15) is 11.5 Å². The van der Waals surface area contributed by atoms with Crippen LogP contribution >= 0.6 is 0 Å². The van der Waals surface area contributed by atoms with E-state index in [0.717, 1.165) is 35.8 Å². The van der Waals surface area contributed by atoms with Gasteiger partial charge in [0.2, 0.25) is 5.89 Å². The number of pyridine rings is 1. The van der Waals surface area contributed by atoms with Crippen molar-refractivity contribution in [1.29, 1.82) is 0 Å². The summed E-state index contributed by atoms with van der Waals surface area (Å²) >= 11 is 0. The van der Waals surface area contributed by atoms with Gasteiger partial charge in [-0.25, -0.2) is 15.0 Å². The van der Waals surface area contributed by atoms with Gasteiger partial charge in [0, 0.05) is 36.9 Å². The number of rotatable bonds is 5. The van der Waals surface area contributed by atoms with Gasteiger partial charge in [0.15, 0.2) is 11.6 Å². The Bertz CT molecular complexity index is 1050. The van der Waals surface area contributed by atoms with E-state index in [1.54, 1.807) is 24.8 Å². The van der Waals surface area contributed by atoms with Gasteiger partial charge in [-0.05, 0) is 25.0 Å². The van der Waals surface area contributed by atoms with E-state index in [9.17, 15) is 0 Å². The Labute approximate surface area is 161 Å². The second-order valence-corrected chi connectivity index (χ2v) is 6.92. The fourth-order valence-electron chi connectivity index (χ4n) is 3.59. The molecular weight excluding hydrogens is 354 g/mol. The summed E-state index contributed by atoms with van der Waals surface area (Å²) in [5.41, 5.74) is 1.56. The molecule has 8 heteroatoms. The highest BCUT2D eigenvalue weighted by atomic mass is 16.5. The zero-order chi connectivity index (χ0) is 18.8. The number of hydrogen-bond acceptors (Lipinski definition) is 7. The smallest absolute Gasteiger partial charge is 0.229 e. The van der Waals surface area contributed by atoms with Crippen LogP contribution in [0.5, 0.6) is 0 Å². The summed E-state index contributed by atoms with van der Waals surface area (Å²) in [5, 5.41) is 4.15. The second kappa shape index (κ2) is 7.30. The molecule has 140 valence electrons. The molecule has 0 saturated heterocycles. The molecule has 0 aromatic carbocycles. The molecule has 4 aromatic rings. The summed E-state index contributed by atoms with van der Waals surface area (Å²) in [7, 11) is 0. The minimum atomic E-state index is 0.413. The minimum absolute atomic E-state index is 0.413. The van der Waals surface area contributed by atoms with Crippen molar-refractivity contribution in [2.24, 2.45) is 0 Å². The molecule has 0 unspecified atom stereocenters. The zero-order valence-corrected chi connectivity index (χ0v) is 15.3. The Balaban J connectivity index is 1.36. The van der Waals surface area contributed by atoms with Crippen LogP contribution < -0.4 is 0 Å². The summed E-state index contributed by atoms with van der Waals surface area (Å²) in [5.74, 6) is 3.18. The maximum atomic E-state index is 5.48. The van der Waals surface area contributed by atoms with Crippen molar-refractivity contribution in [1.82, 2.24) is 34.6 Å². The standard InChI is InChI=1S/C20H19N7O/c1-2-6-14(5-1)20-25-17(26-28-20)13-27-10-9-22-19(27)15-11-23-18(24-12-15)16-7-3-4-8-21-16/h3-4,7-12,14H,1-2,5-6,13H2. The molecule has 1 aliphatic rings. The van der Waals surface area contributed by atoms with Crippen molar-refractivity contribution >= 4 is 0 Å². The lowest BCUT2D eigenvalue weighted by Crippen LogP contribution is -2.04. The van der Waals surface area contributed by atoms with E-state index in [1.165, 1.54) is 12.8 Å². The van der Waals surface area contributed by atoms with E-state index in [1.807, 2.05) is 29.0 Å². The zero-order valence-electron chi connectivity index (χ0n) is 15.3. The first-order chi connectivity index (χ1) is 13.9. The van der Waals surface area contributed by atoms with Crippen molar-refractivity contribution in [3.63, 3.8) is 0 Å². The van der Waals surface area contributed by atoms with Crippen LogP contribution in [-0.4, -0.2) is 34.6 Å². The Morgan fingerprint density at radius 2 is 1.86 bits per heavy atom. The molecule has 0 spiro atoms. The van der Waals surface area contributed by atoms with Crippen LogP contribution in [-0.2, 0) is 6.54 Å². The van der Waals surface area contributed by atoms with Crippen molar-refractivity contribution in [2.75, 3.05) is 0 Å². The molecule has 28 heavy (non-hydrogen) atoms. The summed E-state index contributed by atoms with van der Waals surface area (Å²) < 4.78 is 7.46. The fraction of sp³-hybridized carbons (Fsp3) is 0.300. The second-order valence-electron chi connectivity index (χ2n) is 6.92. The monoisotopic (exact) mass is 373 g/mol. The lowest BCUT2D eigenvalue weighted by atomic mass is 10.1. The molecule has 0 amide bonds. The van der Waals surface area contributed by atoms with E-state index >= 15 is 0 Å². The van der Waals surface area contributed by atoms with Crippen LogP contribution in [0.4, 0.5) is 0 Å². The van der Waals surface area contributed by atoms with Crippen molar-refractivity contribution in [3.05, 3.63) is 60.9 Å². The van der Waals surface area contributed by atoms with E-state index < -0.39 is 0 Å². The molecule has 4 heterocycles. The molecule has 0 radical (unpaired) electrons. The van der Waals surface area contributed by atoms with Crippen LogP contribution in [0.15, 0.2) is 53.7 Å². The third kappa shape index (κ3) is 3.28. The molecule has 8 nitrogen and oxygen atoms in total. The highest BCUT2D eigenvalue weighted by molar-refractivity contribution is 5.56. The van der Waals surface area contributed by atoms with Gasteiger partial charge in [0.05, 0.1) is 12.1 Å². The van der Waals surface area contributed by atoms with Gasteiger partial charge < -0.3 is 9.09 Å². The Morgan fingerprint density at radius 3 is 2.64 bits per heavy atom. The fourth-order valence-corrected chi connectivity index (χ4v) is 3.59. The van der Waals surface area contributed by atoms with E-state index in [-0.39, 0.29) is 0 Å². The molecule has 1 aliphatic carbocycles. The van der Waals surface area contributed by atoms with E-state index in [4.69, 9.17) is 4.52 Å². The predicted molar refractivity (Wildman–Crippen MR) is 101 cm³/mol. The average molecular weight is 373 g/mol. The van der Waals surface area contributed by atoms with Crippen LogP contribution in [0.1, 0.15) is 43.3 Å². The summed E-state index contributed by atoms with van der Waals surface area (Å²) in [6, 6.07) is 5.66. The summed E-state index contributed by atoms with van der Waals surface area (Å²) in [4.78, 5) is 22.2. The van der Waals surface area contributed by atoms with Gasteiger partial charge in [-0.1, -0.05) is 24.1 Å². The highest BCUT2D eigenvalue weighted by Gasteiger charge is 2.23. The third-order valence-electron chi connectivity index (χ3n) is 5.02. The Morgan fingerprint density at radius 1 is 1.00 bits per heavy atom. The quantitative estimate of drug-likeness (QED) is 0.528. The van der Waals surface area contributed by atoms with Gasteiger partial charge >= 0.3 is 0 Å². The molecule has 4 aromatic heterocycles. The maximum Gasteiger partial charge on any atom is 0.229 e. The maximum absolute atomic E-state index is 5.48. The van der Waals surface area contributed by atoms with Gasteiger partial charge in [-0.15, -0.1) is 0 Å². The van der Waals surface area contributed by atoms with E-state index in [0.29, 0.717) is 24.1 Å². The van der Waals surface area contributed by atoms with Crippen LogP contribution in [0.3, 0.4) is 0 Å².